The highest BCUT2D eigenvalue weighted by Gasteiger charge is 2.21. The van der Waals surface area contributed by atoms with Crippen molar-refractivity contribution in [3.63, 3.8) is 0 Å². The van der Waals surface area contributed by atoms with Gasteiger partial charge in [-0.1, -0.05) is 12.1 Å². The lowest BCUT2D eigenvalue weighted by atomic mass is 10.1. The van der Waals surface area contributed by atoms with E-state index in [9.17, 15) is 8.42 Å². The molecule has 0 aromatic heterocycles. The quantitative estimate of drug-likeness (QED) is 0.519. The minimum Gasteiger partial charge on any atom is -0.399 e. The van der Waals surface area contributed by atoms with Gasteiger partial charge in [-0.05, 0) is 52.9 Å². The number of nitrogens with two attached hydrogens (primary N) is 1. The van der Waals surface area contributed by atoms with E-state index in [0.717, 1.165) is 22.3 Å². The van der Waals surface area contributed by atoms with Crippen molar-refractivity contribution < 1.29 is 13.0 Å². The average Bonchev–Trinajstić information content (AvgIpc) is 2.63. The predicted octanol–water partition coefficient (Wildman–Crippen LogP) is 2.09. The van der Waals surface area contributed by atoms with Gasteiger partial charge in [-0.25, -0.2) is 0 Å². The summed E-state index contributed by atoms with van der Waals surface area (Å²) in [5.74, 6) is 0. The lowest BCUT2D eigenvalue weighted by Gasteiger charge is -2.03. The molecule has 4 nitrogen and oxygen atoms in total. The van der Waals surface area contributed by atoms with Crippen LogP contribution in [0.3, 0.4) is 0 Å². The zero-order chi connectivity index (χ0) is 12.9. The molecule has 0 saturated carbocycles. The highest BCUT2D eigenvalue weighted by atomic mass is 32.2. The Bertz CT molecular complexity index is 751. The number of benzene rings is 2. The Labute approximate surface area is 105 Å². The van der Waals surface area contributed by atoms with Crippen LogP contribution in [0.1, 0.15) is 11.1 Å². The first-order valence-corrected chi connectivity index (χ1v) is 6.88. The molecule has 0 spiro atoms. The van der Waals surface area contributed by atoms with E-state index in [1.165, 1.54) is 12.1 Å². The fourth-order valence-electron chi connectivity index (χ4n) is 2.37. The molecule has 0 atom stereocenters. The first-order valence-electron chi connectivity index (χ1n) is 5.44. The molecule has 92 valence electrons. The van der Waals surface area contributed by atoms with Crippen LogP contribution >= 0.6 is 0 Å². The molecule has 3 rings (SSSR count). The van der Waals surface area contributed by atoms with Crippen LogP contribution in [-0.2, 0) is 16.5 Å². The van der Waals surface area contributed by atoms with E-state index in [0.29, 0.717) is 12.1 Å². The number of fused-ring (bicyclic) bond motifs is 3. The molecule has 0 bridgehead atoms. The van der Waals surface area contributed by atoms with Gasteiger partial charge in [-0.3, -0.25) is 4.55 Å². The normalized spacial score (nSPS) is 13.2. The van der Waals surface area contributed by atoms with E-state index in [4.69, 9.17) is 10.3 Å². The van der Waals surface area contributed by atoms with Crippen molar-refractivity contribution in [2.24, 2.45) is 0 Å². The third kappa shape index (κ3) is 1.68. The maximum absolute atomic E-state index is 11.1. The summed E-state index contributed by atoms with van der Waals surface area (Å²) in [6.07, 6.45) is 0.638. The Balaban J connectivity index is 2.18. The number of anilines is 1. The van der Waals surface area contributed by atoms with Gasteiger partial charge in [0.1, 0.15) is 0 Å². The smallest absolute Gasteiger partial charge is 0.294 e. The molecule has 1 aliphatic carbocycles. The molecule has 3 N–H and O–H groups in total. The van der Waals surface area contributed by atoms with Crippen LogP contribution in [0.4, 0.5) is 5.69 Å². The largest absolute Gasteiger partial charge is 0.399 e. The maximum Gasteiger partial charge on any atom is 0.294 e. The summed E-state index contributed by atoms with van der Waals surface area (Å²) in [6.45, 7) is 0. The van der Waals surface area contributed by atoms with Crippen LogP contribution in [0.15, 0.2) is 41.3 Å². The summed E-state index contributed by atoms with van der Waals surface area (Å²) in [7, 11) is -4.14. The van der Waals surface area contributed by atoms with Crippen LogP contribution in [-0.4, -0.2) is 13.0 Å². The van der Waals surface area contributed by atoms with E-state index >= 15 is 0 Å². The van der Waals surface area contributed by atoms with Crippen LogP contribution < -0.4 is 5.73 Å². The van der Waals surface area contributed by atoms with Crippen LogP contribution in [0.2, 0.25) is 0 Å². The van der Waals surface area contributed by atoms with Crippen molar-refractivity contribution in [1.29, 1.82) is 0 Å². The first-order chi connectivity index (χ1) is 8.45. The second-order valence-corrected chi connectivity index (χ2v) is 5.81. The molecule has 0 heterocycles. The zero-order valence-electron chi connectivity index (χ0n) is 9.42. The Hall–Kier alpha value is -1.85. The van der Waals surface area contributed by atoms with E-state index < -0.39 is 10.1 Å². The summed E-state index contributed by atoms with van der Waals surface area (Å²) in [6, 6.07) is 10.3. The second kappa shape index (κ2) is 3.57. The minimum atomic E-state index is -4.14. The van der Waals surface area contributed by atoms with Gasteiger partial charge in [0.2, 0.25) is 0 Å². The van der Waals surface area contributed by atoms with Crippen LogP contribution in [0, 0.1) is 0 Å². The summed E-state index contributed by atoms with van der Waals surface area (Å²) >= 11 is 0. The lowest BCUT2D eigenvalue weighted by Crippen LogP contribution is -1.98. The van der Waals surface area contributed by atoms with Crippen molar-refractivity contribution in [2.45, 2.75) is 11.3 Å². The molecule has 0 saturated heterocycles. The Morgan fingerprint density at radius 3 is 2.28 bits per heavy atom. The molecule has 0 aliphatic heterocycles. The average molecular weight is 261 g/mol. The van der Waals surface area contributed by atoms with Gasteiger partial charge in [0.25, 0.3) is 10.1 Å². The highest BCUT2D eigenvalue weighted by molar-refractivity contribution is 7.85. The van der Waals surface area contributed by atoms with Gasteiger partial charge in [0, 0.05) is 5.69 Å². The summed E-state index contributed by atoms with van der Waals surface area (Å²) in [5.41, 5.74) is 10.5. The van der Waals surface area contributed by atoms with Crippen LogP contribution in [0.25, 0.3) is 11.1 Å². The fraction of sp³-hybridized carbons (Fsp3) is 0.0769. The van der Waals surface area contributed by atoms with Crippen LogP contribution in [0.5, 0.6) is 0 Å². The third-order valence-electron chi connectivity index (χ3n) is 3.17. The molecule has 0 amide bonds. The van der Waals surface area contributed by atoms with Gasteiger partial charge >= 0.3 is 0 Å². The summed E-state index contributed by atoms with van der Waals surface area (Å²) in [4.78, 5) is -0.0676. The molecular weight excluding hydrogens is 250 g/mol. The Morgan fingerprint density at radius 2 is 1.61 bits per heavy atom. The first kappa shape index (κ1) is 11.3. The SMILES string of the molecule is Nc1ccc2c(c1)Cc1cc(S(=O)(=O)O)ccc1-2. The van der Waals surface area contributed by atoms with Crippen molar-refractivity contribution in [2.75, 3.05) is 5.73 Å². The molecule has 2 aromatic rings. The number of hydrogen-bond donors (Lipinski definition) is 2. The van der Waals surface area contributed by atoms with Gasteiger partial charge in [-0.15, -0.1) is 0 Å². The monoisotopic (exact) mass is 261 g/mol. The molecule has 0 radical (unpaired) electrons. The minimum absolute atomic E-state index is 0.0676. The number of hydrogen-bond acceptors (Lipinski definition) is 3. The molecule has 5 heteroatoms. The van der Waals surface area contributed by atoms with E-state index in [2.05, 4.69) is 0 Å². The third-order valence-corrected chi connectivity index (χ3v) is 4.02. The predicted molar refractivity (Wildman–Crippen MR) is 68.9 cm³/mol. The maximum atomic E-state index is 11.1. The molecule has 1 aliphatic rings. The molecule has 2 aromatic carbocycles. The molecule has 0 fully saturated rings. The van der Waals surface area contributed by atoms with Crippen molar-refractivity contribution in [3.8, 4) is 11.1 Å². The van der Waals surface area contributed by atoms with Gasteiger partial charge in [0.05, 0.1) is 4.90 Å². The topological polar surface area (TPSA) is 80.4 Å². The lowest BCUT2D eigenvalue weighted by molar-refractivity contribution is 0.483. The second-order valence-electron chi connectivity index (χ2n) is 4.39. The van der Waals surface area contributed by atoms with Crippen molar-refractivity contribution in [1.82, 2.24) is 0 Å². The standard InChI is InChI=1S/C13H11NO3S/c14-10-1-3-12-8(6-10)5-9-7-11(18(15,16)17)2-4-13(9)12/h1-4,6-7H,5,14H2,(H,15,16,17). The summed E-state index contributed by atoms with van der Waals surface area (Å²) in [5, 5.41) is 0. The van der Waals surface area contributed by atoms with E-state index in [1.807, 2.05) is 18.2 Å². The highest BCUT2D eigenvalue weighted by Crippen LogP contribution is 2.38. The molecular formula is C13H11NO3S. The Morgan fingerprint density at radius 1 is 1.00 bits per heavy atom. The number of rotatable bonds is 1. The number of nitrogen functional groups attached to an aromatic ring is 1. The van der Waals surface area contributed by atoms with E-state index in [1.54, 1.807) is 6.07 Å². The van der Waals surface area contributed by atoms with Crippen molar-refractivity contribution >= 4 is 15.8 Å². The van der Waals surface area contributed by atoms with Crippen molar-refractivity contribution in [3.05, 3.63) is 47.5 Å². The fourth-order valence-corrected chi connectivity index (χ4v) is 2.90. The van der Waals surface area contributed by atoms with Gasteiger partial charge in [0.15, 0.2) is 0 Å². The zero-order valence-corrected chi connectivity index (χ0v) is 10.2. The Kier molecular flexibility index (Phi) is 2.23. The van der Waals surface area contributed by atoms with Gasteiger partial charge < -0.3 is 5.73 Å². The molecule has 18 heavy (non-hydrogen) atoms. The summed E-state index contributed by atoms with van der Waals surface area (Å²) < 4.78 is 31.2. The van der Waals surface area contributed by atoms with E-state index in [-0.39, 0.29) is 4.90 Å². The van der Waals surface area contributed by atoms with Gasteiger partial charge in [-0.2, -0.15) is 8.42 Å². The molecule has 0 unspecified atom stereocenters.